The maximum Gasteiger partial charge on any atom is 0.167 e. The van der Waals surface area contributed by atoms with E-state index in [-0.39, 0.29) is 5.75 Å². The Morgan fingerprint density at radius 2 is 1.96 bits per heavy atom. The van der Waals surface area contributed by atoms with Gasteiger partial charge in [-0.3, -0.25) is 10.1 Å². The SMILES string of the molecule is Cc1cc(-c2cc3[nH]ncc3cc2Oc2ccc(N)cc2F)ccn1. The third kappa shape index (κ3) is 2.89. The van der Waals surface area contributed by atoms with E-state index in [2.05, 4.69) is 15.2 Å². The fourth-order valence-corrected chi connectivity index (χ4v) is 2.71. The van der Waals surface area contributed by atoms with Gasteiger partial charge in [-0.2, -0.15) is 5.10 Å². The molecule has 0 saturated heterocycles. The van der Waals surface area contributed by atoms with Crippen LogP contribution < -0.4 is 10.5 Å². The number of nitrogen functional groups attached to an aromatic ring is 1. The summed E-state index contributed by atoms with van der Waals surface area (Å²) in [5.41, 5.74) is 9.45. The van der Waals surface area contributed by atoms with Crippen LogP contribution in [0.3, 0.4) is 0 Å². The lowest BCUT2D eigenvalue weighted by atomic mass is 10.0. The van der Waals surface area contributed by atoms with Crippen molar-refractivity contribution in [2.24, 2.45) is 0 Å². The molecule has 3 N–H and O–H groups in total. The molecule has 2 heterocycles. The predicted molar refractivity (Wildman–Crippen MR) is 94.9 cm³/mol. The number of aryl methyl sites for hydroxylation is 1. The summed E-state index contributed by atoms with van der Waals surface area (Å²) in [5.74, 6) is 0.136. The molecule has 2 aromatic heterocycles. The van der Waals surface area contributed by atoms with Crippen LogP contribution in [0.1, 0.15) is 5.69 Å². The molecule has 6 heteroatoms. The molecule has 4 aromatic rings. The van der Waals surface area contributed by atoms with Crippen molar-refractivity contribution >= 4 is 16.6 Å². The van der Waals surface area contributed by atoms with Crippen molar-refractivity contribution in [3.8, 4) is 22.6 Å². The minimum absolute atomic E-state index is 0.115. The van der Waals surface area contributed by atoms with Crippen molar-refractivity contribution in [1.82, 2.24) is 15.2 Å². The number of hydrogen-bond acceptors (Lipinski definition) is 4. The van der Waals surface area contributed by atoms with E-state index in [1.165, 1.54) is 12.1 Å². The summed E-state index contributed by atoms with van der Waals surface area (Å²) in [5, 5.41) is 7.87. The van der Waals surface area contributed by atoms with Gasteiger partial charge in [0.1, 0.15) is 5.75 Å². The Balaban J connectivity index is 1.87. The van der Waals surface area contributed by atoms with Crippen molar-refractivity contribution in [2.75, 3.05) is 5.73 Å². The number of aromatic nitrogens is 3. The number of anilines is 1. The lowest BCUT2D eigenvalue weighted by molar-refractivity contribution is 0.444. The molecular weight excluding hydrogens is 319 g/mol. The summed E-state index contributed by atoms with van der Waals surface area (Å²) in [6.45, 7) is 1.92. The van der Waals surface area contributed by atoms with Crippen molar-refractivity contribution in [2.45, 2.75) is 6.92 Å². The van der Waals surface area contributed by atoms with Crippen molar-refractivity contribution in [3.05, 3.63) is 66.4 Å². The van der Waals surface area contributed by atoms with Gasteiger partial charge in [0.15, 0.2) is 11.6 Å². The maximum absolute atomic E-state index is 14.2. The molecule has 124 valence electrons. The van der Waals surface area contributed by atoms with Crippen LogP contribution in [0.5, 0.6) is 11.5 Å². The highest BCUT2D eigenvalue weighted by molar-refractivity contribution is 5.88. The molecule has 5 nitrogen and oxygen atoms in total. The molecule has 0 aliphatic rings. The summed E-state index contributed by atoms with van der Waals surface area (Å²) < 4.78 is 20.0. The van der Waals surface area contributed by atoms with E-state index < -0.39 is 5.82 Å². The first kappa shape index (κ1) is 15.1. The van der Waals surface area contributed by atoms with E-state index in [1.807, 2.05) is 31.2 Å². The fraction of sp³-hybridized carbons (Fsp3) is 0.0526. The number of pyridine rings is 1. The Morgan fingerprint density at radius 1 is 1.08 bits per heavy atom. The second kappa shape index (κ2) is 5.90. The summed E-state index contributed by atoms with van der Waals surface area (Å²) in [7, 11) is 0. The second-order valence-corrected chi connectivity index (χ2v) is 5.78. The highest BCUT2D eigenvalue weighted by atomic mass is 19.1. The van der Waals surface area contributed by atoms with Crippen LogP contribution in [0.25, 0.3) is 22.0 Å². The molecule has 0 fully saturated rings. The number of nitrogens with one attached hydrogen (secondary N) is 1. The van der Waals surface area contributed by atoms with Crippen molar-refractivity contribution in [3.63, 3.8) is 0 Å². The number of nitrogens with two attached hydrogens (primary N) is 1. The molecule has 2 aromatic carbocycles. The first-order valence-corrected chi connectivity index (χ1v) is 7.73. The molecule has 0 atom stereocenters. The number of benzene rings is 2. The number of halogens is 1. The predicted octanol–water partition coefficient (Wildman–Crippen LogP) is 4.45. The normalized spacial score (nSPS) is 11.0. The number of nitrogens with zero attached hydrogens (tertiary/aromatic N) is 2. The Morgan fingerprint density at radius 3 is 2.76 bits per heavy atom. The van der Waals surface area contributed by atoms with Gasteiger partial charge in [0.25, 0.3) is 0 Å². The number of ether oxygens (including phenoxy) is 1. The van der Waals surface area contributed by atoms with E-state index in [4.69, 9.17) is 10.5 Å². The van der Waals surface area contributed by atoms with E-state index in [0.717, 1.165) is 27.7 Å². The Bertz CT molecular complexity index is 1070. The van der Waals surface area contributed by atoms with E-state index in [9.17, 15) is 4.39 Å². The number of hydrogen-bond donors (Lipinski definition) is 2. The van der Waals surface area contributed by atoms with Crippen LogP contribution in [0.4, 0.5) is 10.1 Å². The molecular formula is C19H15FN4O. The minimum atomic E-state index is -0.510. The van der Waals surface area contributed by atoms with E-state index >= 15 is 0 Å². The highest BCUT2D eigenvalue weighted by Gasteiger charge is 2.13. The van der Waals surface area contributed by atoms with Gasteiger partial charge in [0.05, 0.1) is 11.7 Å². The smallest absolute Gasteiger partial charge is 0.167 e. The molecule has 0 spiro atoms. The van der Waals surface area contributed by atoms with E-state index in [1.54, 1.807) is 18.5 Å². The van der Waals surface area contributed by atoms with Crippen LogP contribution in [-0.4, -0.2) is 15.2 Å². The van der Waals surface area contributed by atoms with Gasteiger partial charge in [0.2, 0.25) is 0 Å². The van der Waals surface area contributed by atoms with Crippen LogP contribution >= 0.6 is 0 Å². The number of H-pyrrole nitrogens is 1. The van der Waals surface area contributed by atoms with Gasteiger partial charge < -0.3 is 10.5 Å². The van der Waals surface area contributed by atoms with Gasteiger partial charge in [-0.05, 0) is 48.9 Å². The van der Waals surface area contributed by atoms with Crippen LogP contribution in [0.2, 0.25) is 0 Å². The summed E-state index contributed by atoms with van der Waals surface area (Å²) in [6.07, 6.45) is 3.43. The zero-order chi connectivity index (χ0) is 17.4. The fourth-order valence-electron chi connectivity index (χ4n) is 2.71. The minimum Gasteiger partial charge on any atom is -0.454 e. The van der Waals surface area contributed by atoms with E-state index in [0.29, 0.717) is 11.4 Å². The maximum atomic E-state index is 14.2. The zero-order valence-electron chi connectivity index (χ0n) is 13.5. The summed E-state index contributed by atoms with van der Waals surface area (Å²) >= 11 is 0. The van der Waals surface area contributed by atoms with Crippen LogP contribution in [0.15, 0.2) is 54.9 Å². The summed E-state index contributed by atoms with van der Waals surface area (Å²) in [6, 6.07) is 12.0. The second-order valence-electron chi connectivity index (χ2n) is 5.78. The Kier molecular flexibility index (Phi) is 3.57. The number of aromatic amines is 1. The van der Waals surface area contributed by atoms with Crippen LogP contribution in [-0.2, 0) is 0 Å². The van der Waals surface area contributed by atoms with Gasteiger partial charge in [-0.15, -0.1) is 0 Å². The molecule has 4 rings (SSSR count). The molecule has 0 aliphatic heterocycles. The highest BCUT2D eigenvalue weighted by Crippen LogP contribution is 2.37. The van der Waals surface area contributed by atoms with Gasteiger partial charge in [-0.25, -0.2) is 4.39 Å². The van der Waals surface area contributed by atoms with Gasteiger partial charge in [-0.1, -0.05) is 0 Å². The third-order valence-corrected chi connectivity index (χ3v) is 3.92. The molecule has 0 aliphatic carbocycles. The van der Waals surface area contributed by atoms with Gasteiger partial charge >= 0.3 is 0 Å². The van der Waals surface area contributed by atoms with Crippen LogP contribution in [0, 0.1) is 12.7 Å². The first-order valence-electron chi connectivity index (χ1n) is 7.73. The third-order valence-electron chi connectivity index (χ3n) is 3.92. The largest absolute Gasteiger partial charge is 0.454 e. The number of rotatable bonds is 3. The quantitative estimate of drug-likeness (QED) is 0.543. The van der Waals surface area contributed by atoms with Crippen molar-refractivity contribution < 1.29 is 9.13 Å². The Labute approximate surface area is 143 Å². The zero-order valence-corrected chi connectivity index (χ0v) is 13.5. The molecule has 0 unspecified atom stereocenters. The Hall–Kier alpha value is -3.41. The standard InChI is InChI=1S/C19H15FN4O/c1-11-6-12(4-5-22-11)15-9-17-13(10-23-24-17)7-19(15)25-18-3-2-14(21)8-16(18)20/h2-10H,21H2,1H3,(H,23,24). The number of fused-ring (bicyclic) bond motifs is 1. The molecule has 0 saturated carbocycles. The average molecular weight is 334 g/mol. The average Bonchev–Trinajstić information content (AvgIpc) is 3.04. The molecule has 0 radical (unpaired) electrons. The lowest BCUT2D eigenvalue weighted by Crippen LogP contribution is -1.94. The topological polar surface area (TPSA) is 76.8 Å². The van der Waals surface area contributed by atoms with Crippen molar-refractivity contribution in [1.29, 1.82) is 0 Å². The monoisotopic (exact) mass is 334 g/mol. The summed E-state index contributed by atoms with van der Waals surface area (Å²) in [4.78, 5) is 4.22. The molecule has 25 heavy (non-hydrogen) atoms. The molecule has 0 bridgehead atoms. The first-order chi connectivity index (χ1) is 12.1. The lowest BCUT2D eigenvalue weighted by Gasteiger charge is -2.13. The van der Waals surface area contributed by atoms with Gasteiger partial charge in [0, 0.05) is 34.6 Å². The molecule has 0 amide bonds.